The Morgan fingerprint density at radius 2 is 1.56 bits per heavy atom. The molecule has 1 heterocycles. The highest BCUT2D eigenvalue weighted by atomic mass is 32.2. The molecule has 1 saturated heterocycles. The predicted octanol–water partition coefficient (Wildman–Crippen LogP) is 1.86. The van der Waals surface area contributed by atoms with Crippen molar-refractivity contribution >= 4 is 21.9 Å². The minimum atomic E-state index is -3.83. The Kier molecular flexibility index (Phi) is 8.78. The van der Waals surface area contributed by atoms with E-state index in [0.717, 1.165) is 5.56 Å². The van der Waals surface area contributed by atoms with Gasteiger partial charge in [-0.3, -0.25) is 9.59 Å². The molecule has 1 amide bonds. The number of hydrogen-bond acceptors (Lipinski definition) is 6. The van der Waals surface area contributed by atoms with Gasteiger partial charge in [-0.2, -0.15) is 0 Å². The van der Waals surface area contributed by atoms with Crippen LogP contribution in [-0.4, -0.2) is 57.5 Å². The summed E-state index contributed by atoms with van der Waals surface area (Å²) in [6, 6.07) is 16.6. The number of esters is 1. The highest BCUT2D eigenvalue weighted by Crippen LogP contribution is 2.11. The number of nitrogens with zero attached hydrogens (tertiary/aromatic N) is 1. The maximum Gasteiger partial charge on any atom is 0.324 e. The quantitative estimate of drug-likeness (QED) is 0.543. The third-order valence-electron chi connectivity index (χ3n) is 5.04. The Labute approximate surface area is 188 Å². The van der Waals surface area contributed by atoms with Crippen LogP contribution >= 0.6 is 0 Å². The first-order valence-electron chi connectivity index (χ1n) is 10.5. The SMILES string of the molecule is O=C(OCc1ccccc1)C(CCC(=O)N1CCOCC1)NS(=O)(=O)Cc1ccccc1. The van der Waals surface area contributed by atoms with Crippen LogP contribution in [0.1, 0.15) is 24.0 Å². The van der Waals surface area contributed by atoms with E-state index in [9.17, 15) is 18.0 Å². The lowest BCUT2D eigenvalue weighted by molar-refractivity contribution is -0.147. The van der Waals surface area contributed by atoms with Crippen molar-refractivity contribution in [1.29, 1.82) is 0 Å². The molecule has 8 nitrogen and oxygen atoms in total. The number of carbonyl (C=O) groups is 2. The fourth-order valence-electron chi connectivity index (χ4n) is 3.34. The first-order chi connectivity index (χ1) is 15.4. The van der Waals surface area contributed by atoms with Gasteiger partial charge in [0.2, 0.25) is 15.9 Å². The van der Waals surface area contributed by atoms with Crippen molar-refractivity contribution in [2.24, 2.45) is 0 Å². The van der Waals surface area contributed by atoms with Crippen molar-refractivity contribution in [3.63, 3.8) is 0 Å². The highest BCUT2D eigenvalue weighted by molar-refractivity contribution is 7.88. The van der Waals surface area contributed by atoms with Crippen molar-refractivity contribution in [3.05, 3.63) is 71.8 Å². The normalized spacial score (nSPS) is 15.2. The molecule has 1 atom stereocenters. The monoisotopic (exact) mass is 460 g/mol. The van der Waals surface area contributed by atoms with Crippen LogP contribution in [0.4, 0.5) is 0 Å². The van der Waals surface area contributed by atoms with E-state index in [-0.39, 0.29) is 31.1 Å². The van der Waals surface area contributed by atoms with Gasteiger partial charge in [-0.05, 0) is 17.5 Å². The fourth-order valence-corrected chi connectivity index (χ4v) is 4.71. The minimum Gasteiger partial charge on any atom is -0.460 e. The lowest BCUT2D eigenvalue weighted by Crippen LogP contribution is -2.44. The third-order valence-corrected chi connectivity index (χ3v) is 6.40. The Morgan fingerprint density at radius 3 is 2.19 bits per heavy atom. The van der Waals surface area contributed by atoms with Gasteiger partial charge in [0.15, 0.2) is 0 Å². The first kappa shape index (κ1) is 23.9. The van der Waals surface area contributed by atoms with Crippen molar-refractivity contribution in [2.45, 2.75) is 31.2 Å². The van der Waals surface area contributed by atoms with E-state index in [4.69, 9.17) is 9.47 Å². The van der Waals surface area contributed by atoms with E-state index in [1.165, 1.54) is 0 Å². The summed E-state index contributed by atoms with van der Waals surface area (Å²) in [5, 5.41) is 0. The second-order valence-electron chi connectivity index (χ2n) is 7.54. The fraction of sp³-hybridized carbons (Fsp3) is 0.391. The molecule has 32 heavy (non-hydrogen) atoms. The Morgan fingerprint density at radius 1 is 0.969 bits per heavy atom. The molecule has 1 aliphatic heterocycles. The maximum absolute atomic E-state index is 12.7. The highest BCUT2D eigenvalue weighted by Gasteiger charge is 2.28. The smallest absolute Gasteiger partial charge is 0.324 e. The number of sulfonamides is 1. The molecule has 9 heteroatoms. The van der Waals surface area contributed by atoms with Crippen molar-refractivity contribution < 1.29 is 27.5 Å². The van der Waals surface area contributed by atoms with Gasteiger partial charge in [0.25, 0.3) is 0 Å². The Balaban J connectivity index is 1.64. The van der Waals surface area contributed by atoms with Crippen molar-refractivity contribution in [3.8, 4) is 0 Å². The molecular weight excluding hydrogens is 432 g/mol. The summed E-state index contributed by atoms with van der Waals surface area (Å²) >= 11 is 0. The second-order valence-corrected chi connectivity index (χ2v) is 9.29. The van der Waals surface area contributed by atoms with Gasteiger partial charge in [-0.15, -0.1) is 0 Å². The van der Waals surface area contributed by atoms with Gasteiger partial charge in [-0.1, -0.05) is 60.7 Å². The summed E-state index contributed by atoms with van der Waals surface area (Å²) in [6.45, 7) is 1.94. The summed E-state index contributed by atoms with van der Waals surface area (Å²) in [6.07, 6.45) is 0.0385. The maximum atomic E-state index is 12.7. The molecule has 1 fully saturated rings. The molecule has 0 aromatic heterocycles. The number of carbonyl (C=O) groups excluding carboxylic acids is 2. The second kappa shape index (κ2) is 11.8. The number of hydrogen-bond donors (Lipinski definition) is 1. The molecule has 1 N–H and O–H groups in total. The van der Waals surface area contributed by atoms with Gasteiger partial charge in [0.1, 0.15) is 12.6 Å². The number of ether oxygens (including phenoxy) is 2. The third kappa shape index (κ3) is 7.74. The average molecular weight is 461 g/mol. The number of nitrogens with one attached hydrogen (secondary N) is 1. The van der Waals surface area contributed by atoms with Crippen LogP contribution in [0.25, 0.3) is 0 Å². The molecule has 2 aromatic rings. The van der Waals surface area contributed by atoms with Gasteiger partial charge in [0.05, 0.1) is 19.0 Å². The number of morpholine rings is 1. The van der Waals surface area contributed by atoms with Gasteiger partial charge >= 0.3 is 5.97 Å². The number of rotatable bonds is 10. The lowest BCUT2D eigenvalue weighted by atomic mass is 10.1. The topological polar surface area (TPSA) is 102 Å². The van der Waals surface area contributed by atoms with Gasteiger partial charge in [-0.25, -0.2) is 13.1 Å². The molecule has 172 valence electrons. The Hall–Kier alpha value is -2.75. The van der Waals surface area contributed by atoms with Crippen LogP contribution in [-0.2, 0) is 41.4 Å². The van der Waals surface area contributed by atoms with Crippen LogP contribution in [0, 0.1) is 0 Å². The van der Waals surface area contributed by atoms with E-state index in [0.29, 0.717) is 31.9 Å². The Bertz CT molecular complexity index is 976. The number of benzene rings is 2. The van der Waals surface area contributed by atoms with E-state index >= 15 is 0 Å². The van der Waals surface area contributed by atoms with Gasteiger partial charge in [0, 0.05) is 19.5 Å². The molecular formula is C23H28N2O6S. The largest absolute Gasteiger partial charge is 0.460 e. The molecule has 0 aliphatic carbocycles. The molecule has 1 unspecified atom stereocenters. The number of amides is 1. The van der Waals surface area contributed by atoms with E-state index in [1.807, 2.05) is 30.3 Å². The molecule has 2 aromatic carbocycles. The average Bonchev–Trinajstić information content (AvgIpc) is 2.81. The van der Waals surface area contributed by atoms with Crippen LogP contribution in [0.3, 0.4) is 0 Å². The lowest BCUT2D eigenvalue weighted by Gasteiger charge is -2.27. The summed E-state index contributed by atoms with van der Waals surface area (Å²) < 4.78 is 38.5. The van der Waals surface area contributed by atoms with Crippen LogP contribution in [0.15, 0.2) is 60.7 Å². The predicted molar refractivity (Wildman–Crippen MR) is 119 cm³/mol. The van der Waals surface area contributed by atoms with Crippen molar-refractivity contribution in [2.75, 3.05) is 26.3 Å². The van der Waals surface area contributed by atoms with Crippen molar-refractivity contribution in [1.82, 2.24) is 9.62 Å². The zero-order valence-electron chi connectivity index (χ0n) is 17.8. The minimum absolute atomic E-state index is 0.0117. The van der Waals surface area contributed by atoms with Crippen LogP contribution in [0.5, 0.6) is 0 Å². The van der Waals surface area contributed by atoms with Gasteiger partial charge < -0.3 is 14.4 Å². The van der Waals surface area contributed by atoms with Crippen LogP contribution < -0.4 is 4.72 Å². The summed E-state index contributed by atoms with van der Waals surface area (Å²) in [5.41, 5.74) is 1.39. The van der Waals surface area contributed by atoms with E-state index in [1.54, 1.807) is 35.2 Å². The van der Waals surface area contributed by atoms with E-state index < -0.39 is 22.0 Å². The molecule has 0 radical (unpaired) electrons. The molecule has 3 rings (SSSR count). The summed E-state index contributed by atoms with van der Waals surface area (Å²) in [7, 11) is -3.83. The standard InChI is InChI=1S/C23H28N2O6S/c26-22(25-13-15-30-16-14-25)12-11-21(23(27)31-17-19-7-3-1-4-8-19)24-32(28,29)18-20-9-5-2-6-10-20/h1-10,21,24H,11-18H2. The summed E-state index contributed by atoms with van der Waals surface area (Å²) in [5.74, 6) is -1.12. The zero-order valence-corrected chi connectivity index (χ0v) is 18.6. The molecule has 0 bridgehead atoms. The first-order valence-corrected chi connectivity index (χ1v) is 12.2. The van der Waals surface area contributed by atoms with E-state index in [2.05, 4.69) is 4.72 Å². The molecule has 0 saturated carbocycles. The summed E-state index contributed by atoms with van der Waals surface area (Å²) in [4.78, 5) is 26.9. The molecule has 0 spiro atoms. The van der Waals surface area contributed by atoms with Crippen LogP contribution in [0.2, 0.25) is 0 Å². The zero-order chi connectivity index (χ0) is 22.8. The molecule has 1 aliphatic rings.